The SMILES string of the molecule is COC(=O)C1CCN(C(=O)[C@@H](C)Oc2ccccc2)CC1. The molecule has 114 valence electrons. The molecule has 2 rings (SSSR count). The number of nitrogens with zero attached hydrogens (tertiary/aromatic N) is 1. The Morgan fingerprint density at radius 2 is 1.81 bits per heavy atom. The van der Waals surface area contributed by atoms with Gasteiger partial charge in [0.25, 0.3) is 5.91 Å². The van der Waals surface area contributed by atoms with E-state index in [0.717, 1.165) is 0 Å². The minimum absolute atomic E-state index is 0.0397. The van der Waals surface area contributed by atoms with Crippen molar-refractivity contribution >= 4 is 11.9 Å². The predicted octanol–water partition coefficient (Wildman–Crippen LogP) is 1.87. The van der Waals surface area contributed by atoms with Crippen LogP contribution in [-0.4, -0.2) is 43.1 Å². The van der Waals surface area contributed by atoms with Crippen molar-refractivity contribution in [3.63, 3.8) is 0 Å². The average molecular weight is 291 g/mol. The topological polar surface area (TPSA) is 55.8 Å². The number of likely N-dealkylation sites (tertiary alicyclic amines) is 1. The van der Waals surface area contributed by atoms with Gasteiger partial charge in [-0.15, -0.1) is 0 Å². The Hall–Kier alpha value is -2.04. The molecule has 5 heteroatoms. The van der Waals surface area contributed by atoms with Crippen LogP contribution in [-0.2, 0) is 14.3 Å². The van der Waals surface area contributed by atoms with E-state index in [-0.39, 0.29) is 17.8 Å². The summed E-state index contributed by atoms with van der Waals surface area (Å²) in [4.78, 5) is 25.6. The van der Waals surface area contributed by atoms with Gasteiger partial charge >= 0.3 is 5.97 Å². The van der Waals surface area contributed by atoms with Gasteiger partial charge in [-0.2, -0.15) is 0 Å². The predicted molar refractivity (Wildman–Crippen MR) is 77.9 cm³/mol. The van der Waals surface area contributed by atoms with E-state index in [1.165, 1.54) is 7.11 Å². The maximum atomic E-state index is 12.3. The van der Waals surface area contributed by atoms with Gasteiger partial charge in [0.2, 0.25) is 0 Å². The van der Waals surface area contributed by atoms with Crippen molar-refractivity contribution in [2.45, 2.75) is 25.9 Å². The van der Waals surface area contributed by atoms with E-state index in [2.05, 4.69) is 0 Å². The second kappa shape index (κ2) is 7.11. The Kier molecular flexibility index (Phi) is 5.20. The number of ether oxygens (including phenoxy) is 2. The summed E-state index contributed by atoms with van der Waals surface area (Å²) in [6.45, 7) is 2.89. The van der Waals surface area contributed by atoms with E-state index < -0.39 is 6.10 Å². The number of carbonyl (C=O) groups excluding carboxylic acids is 2. The Morgan fingerprint density at radius 1 is 1.19 bits per heavy atom. The van der Waals surface area contributed by atoms with Gasteiger partial charge in [0, 0.05) is 13.1 Å². The molecule has 1 atom stereocenters. The van der Waals surface area contributed by atoms with Gasteiger partial charge in [0.15, 0.2) is 6.10 Å². The zero-order valence-corrected chi connectivity index (χ0v) is 12.5. The fraction of sp³-hybridized carbons (Fsp3) is 0.500. The molecule has 0 bridgehead atoms. The molecule has 1 aromatic rings. The van der Waals surface area contributed by atoms with Crippen molar-refractivity contribution in [2.75, 3.05) is 20.2 Å². The van der Waals surface area contributed by atoms with E-state index in [1.54, 1.807) is 11.8 Å². The minimum Gasteiger partial charge on any atom is -0.481 e. The summed E-state index contributed by atoms with van der Waals surface area (Å²) in [6, 6.07) is 9.29. The van der Waals surface area contributed by atoms with Gasteiger partial charge in [-0.05, 0) is 31.9 Å². The number of para-hydroxylation sites is 1. The number of benzene rings is 1. The van der Waals surface area contributed by atoms with Crippen molar-refractivity contribution in [3.8, 4) is 5.75 Å². The fourth-order valence-electron chi connectivity index (χ4n) is 2.51. The van der Waals surface area contributed by atoms with Crippen LogP contribution in [0.4, 0.5) is 0 Å². The average Bonchev–Trinajstić information content (AvgIpc) is 2.54. The molecular formula is C16H21NO4. The lowest BCUT2D eigenvalue weighted by Gasteiger charge is -2.32. The molecule has 0 radical (unpaired) electrons. The maximum Gasteiger partial charge on any atom is 0.308 e. The van der Waals surface area contributed by atoms with Crippen LogP contribution in [0.2, 0.25) is 0 Å². The number of piperidine rings is 1. The summed E-state index contributed by atoms with van der Waals surface area (Å²) < 4.78 is 10.4. The molecule has 1 fully saturated rings. The first kappa shape index (κ1) is 15.4. The van der Waals surface area contributed by atoms with Crippen LogP contribution in [0.5, 0.6) is 5.75 Å². The summed E-state index contributed by atoms with van der Waals surface area (Å²) in [7, 11) is 1.40. The number of hydrogen-bond donors (Lipinski definition) is 0. The smallest absolute Gasteiger partial charge is 0.308 e. The standard InChI is InChI=1S/C16H21NO4/c1-12(21-14-6-4-3-5-7-14)15(18)17-10-8-13(9-11-17)16(19)20-2/h3-7,12-13H,8-11H2,1-2H3/t12-/m1/s1. The molecule has 1 aliphatic heterocycles. The number of rotatable bonds is 4. The number of amides is 1. The quantitative estimate of drug-likeness (QED) is 0.795. The van der Waals surface area contributed by atoms with Crippen LogP contribution in [0.1, 0.15) is 19.8 Å². The van der Waals surface area contributed by atoms with Crippen LogP contribution in [0.3, 0.4) is 0 Å². The molecule has 0 unspecified atom stereocenters. The molecule has 0 aliphatic carbocycles. The van der Waals surface area contributed by atoms with E-state index in [9.17, 15) is 9.59 Å². The third-order valence-corrected chi connectivity index (χ3v) is 3.74. The molecule has 1 saturated heterocycles. The summed E-state index contributed by atoms with van der Waals surface area (Å²) in [5, 5.41) is 0. The molecular weight excluding hydrogens is 270 g/mol. The van der Waals surface area contributed by atoms with Gasteiger partial charge in [0.1, 0.15) is 5.75 Å². The highest BCUT2D eigenvalue weighted by Crippen LogP contribution is 2.20. The highest BCUT2D eigenvalue weighted by molar-refractivity contribution is 5.81. The summed E-state index contributed by atoms with van der Waals surface area (Å²) >= 11 is 0. The zero-order valence-electron chi connectivity index (χ0n) is 12.5. The van der Waals surface area contributed by atoms with E-state index in [1.807, 2.05) is 30.3 Å². The van der Waals surface area contributed by atoms with E-state index in [4.69, 9.17) is 9.47 Å². The Morgan fingerprint density at radius 3 is 2.38 bits per heavy atom. The molecule has 21 heavy (non-hydrogen) atoms. The summed E-state index contributed by atoms with van der Waals surface area (Å²) in [5.41, 5.74) is 0. The second-order valence-electron chi connectivity index (χ2n) is 5.20. The molecule has 1 aromatic carbocycles. The highest BCUT2D eigenvalue weighted by Gasteiger charge is 2.30. The molecule has 5 nitrogen and oxygen atoms in total. The van der Waals surface area contributed by atoms with Crippen LogP contribution >= 0.6 is 0 Å². The van der Waals surface area contributed by atoms with Crippen molar-refractivity contribution in [1.29, 1.82) is 0 Å². The monoisotopic (exact) mass is 291 g/mol. The molecule has 1 aliphatic rings. The number of esters is 1. The lowest BCUT2D eigenvalue weighted by molar-refractivity contribution is -0.150. The Labute approximate surface area is 124 Å². The normalized spacial score (nSPS) is 17.1. The Balaban J connectivity index is 1.85. The lowest BCUT2D eigenvalue weighted by Crippen LogP contribution is -2.45. The number of carbonyl (C=O) groups is 2. The minimum atomic E-state index is -0.526. The van der Waals surface area contributed by atoms with E-state index >= 15 is 0 Å². The van der Waals surface area contributed by atoms with Gasteiger partial charge in [0.05, 0.1) is 13.0 Å². The second-order valence-corrected chi connectivity index (χ2v) is 5.20. The maximum absolute atomic E-state index is 12.3. The van der Waals surface area contributed by atoms with Crippen LogP contribution in [0.25, 0.3) is 0 Å². The number of methoxy groups -OCH3 is 1. The molecule has 0 spiro atoms. The molecule has 0 saturated carbocycles. The third kappa shape index (κ3) is 3.97. The Bertz CT molecular complexity index is 480. The van der Waals surface area contributed by atoms with Crippen LogP contribution in [0.15, 0.2) is 30.3 Å². The van der Waals surface area contributed by atoms with Crippen molar-refractivity contribution in [3.05, 3.63) is 30.3 Å². The van der Waals surface area contributed by atoms with Crippen molar-refractivity contribution in [1.82, 2.24) is 4.90 Å². The van der Waals surface area contributed by atoms with Gasteiger partial charge in [-0.1, -0.05) is 18.2 Å². The van der Waals surface area contributed by atoms with Gasteiger partial charge < -0.3 is 14.4 Å². The first-order chi connectivity index (χ1) is 10.1. The number of hydrogen-bond acceptors (Lipinski definition) is 4. The van der Waals surface area contributed by atoms with Gasteiger partial charge in [-0.25, -0.2) is 0 Å². The van der Waals surface area contributed by atoms with Crippen LogP contribution < -0.4 is 4.74 Å². The van der Waals surface area contributed by atoms with Crippen molar-refractivity contribution < 1.29 is 19.1 Å². The largest absolute Gasteiger partial charge is 0.481 e. The molecule has 1 heterocycles. The fourth-order valence-corrected chi connectivity index (χ4v) is 2.51. The van der Waals surface area contributed by atoms with Gasteiger partial charge in [-0.3, -0.25) is 9.59 Å². The highest BCUT2D eigenvalue weighted by atomic mass is 16.5. The zero-order chi connectivity index (χ0) is 15.2. The van der Waals surface area contributed by atoms with Crippen LogP contribution in [0, 0.1) is 5.92 Å². The van der Waals surface area contributed by atoms with E-state index in [0.29, 0.717) is 31.7 Å². The molecule has 0 N–H and O–H groups in total. The first-order valence-electron chi connectivity index (χ1n) is 7.20. The third-order valence-electron chi connectivity index (χ3n) is 3.74. The van der Waals surface area contributed by atoms with Crippen molar-refractivity contribution in [2.24, 2.45) is 5.92 Å². The molecule has 0 aromatic heterocycles. The molecule has 1 amide bonds. The summed E-state index contributed by atoms with van der Waals surface area (Å²) in [6.07, 6.45) is 0.773. The lowest BCUT2D eigenvalue weighted by atomic mass is 9.97. The summed E-state index contributed by atoms with van der Waals surface area (Å²) in [5.74, 6) is 0.366. The first-order valence-corrected chi connectivity index (χ1v) is 7.20.